The maximum absolute atomic E-state index is 12.7. The van der Waals surface area contributed by atoms with Crippen LogP contribution < -0.4 is 15.5 Å². The molecule has 1 aromatic carbocycles. The van der Waals surface area contributed by atoms with Crippen LogP contribution in [0.15, 0.2) is 24.4 Å². The Kier molecular flexibility index (Phi) is 5.49. The van der Waals surface area contributed by atoms with E-state index in [2.05, 4.69) is 30.7 Å². The molecule has 9 nitrogen and oxygen atoms in total. The van der Waals surface area contributed by atoms with Crippen molar-refractivity contribution in [1.82, 2.24) is 20.6 Å². The fourth-order valence-electron chi connectivity index (χ4n) is 2.61. The van der Waals surface area contributed by atoms with E-state index in [-0.39, 0.29) is 17.1 Å². The van der Waals surface area contributed by atoms with E-state index < -0.39 is 30.4 Å². The van der Waals surface area contributed by atoms with Gasteiger partial charge in [0.05, 0.1) is 11.2 Å². The summed E-state index contributed by atoms with van der Waals surface area (Å²) in [6.45, 7) is 7.41. The lowest BCUT2D eigenvalue weighted by atomic mass is 9.77. The van der Waals surface area contributed by atoms with Crippen LogP contribution in [0.1, 0.15) is 33.5 Å². The summed E-state index contributed by atoms with van der Waals surface area (Å²) in [4.78, 5) is 0. The number of anilines is 1. The summed E-state index contributed by atoms with van der Waals surface area (Å²) >= 11 is 0. The zero-order valence-electron chi connectivity index (χ0n) is 16.5. The second-order valence-electron chi connectivity index (χ2n) is 7.43. The summed E-state index contributed by atoms with van der Waals surface area (Å²) in [6, 6.07) is 5.58. The van der Waals surface area contributed by atoms with E-state index in [1.165, 1.54) is 12.3 Å². The Morgan fingerprint density at radius 1 is 1.27 bits per heavy atom. The van der Waals surface area contributed by atoms with Gasteiger partial charge in [0.15, 0.2) is 0 Å². The van der Waals surface area contributed by atoms with Crippen molar-refractivity contribution in [3.63, 3.8) is 0 Å². The van der Waals surface area contributed by atoms with E-state index in [0.717, 1.165) is 12.1 Å². The number of allylic oxidation sites excluding steroid dienone is 1. The summed E-state index contributed by atoms with van der Waals surface area (Å²) in [5.74, 6) is -0.429. The third-order valence-corrected chi connectivity index (χ3v) is 4.84. The largest absolute Gasteiger partial charge is 0.573 e. The van der Waals surface area contributed by atoms with Gasteiger partial charge in [-0.25, -0.2) is 0 Å². The Labute approximate surface area is 170 Å². The van der Waals surface area contributed by atoms with E-state index in [1.54, 1.807) is 0 Å². The SMILES string of the molecule is CC1(C)OB(c2ccc(OC(F)(F)F)cc2NC=C(C#N)c2nn[nH]n2)OC1(C)C. The van der Waals surface area contributed by atoms with Gasteiger partial charge in [-0.15, -0.1) is 23.4 Å². The quantitative estimate of drug-likeness (QED) is 0.557. The fourth-order valence-corrected chi connectivity index (χ4v) is 2.61. The van der Waals surface area contributed by atoms with Gasteiger partial charge in [-0.1, -0.05) is 6.07 Å². The number of H-pyrrole nitrogens is 1. The molecule has 0 bridgehead atoms. The summed E-state index contributed by atoms with van der Waals surface area (Å²) in [5, 5.41) is 25.1. The molecule has 0 amide bonds. The molecular formula is C17H18BF3N6O3. The highest BCUT2D eigenvalue weighted by atomic mass is 19.4. The van der Waals surface area contributed by atoms with E-state index in [1.807, 2.05) is 33.8 Å². The Morgan fingerprint density at radius 3 is 2.47 bits per heavy atom. The van der Waals surface area contributed by atoms with Crippen molar-refractivity contribution in [3.8, 4) is 11.8 Å². The Morgan fingerprint density at radius 2 is 1.93 bits per heavy atom. The molecule has 1 aliphatic rings. The molecule has 1 saturated heterocycles. The average molecular weight is 422 g/mol. The molecule has 1 fully saturated rings. The third-order valence-electron chi connectivity index (χ3n) is 4.84. The number of benzene rings is 1. The minimum Gasteiger partial charge on any atom is -0.406 e. The molecule has 2 N–H and O–H groups in total. The van der Waals surface area contributed by atoms with Gasteiger partial charge in [-0.05, 0) is 39.0 Å². The number of nitrogens with zero attached hydrogens (tertiary/aromatic N) is 4. The topological polar surface area (TPSA) is 118 Å². The highest BCUT2D eigenvalue weighted by molar-refractivity contribution is 6.64. The first-order valence-electron chi connectivity index (χ1n) is 8.78. The number of nitriles is 1. The molecule has 2 heterocycles. The van der Waals surface area contributed by atoms with E-state index in [4.69, 9.17) is 9.31 Å². The van der Waals surface area contributed by atoms with Crippen LogP contribution in [0.5, 0.6) is 5.75 Å². The number of hydrogen-bond donors (Lipinski definition) is 2. The molecule has 0 spiro atoms. The minimum absolute atomic E-state index is 0.00533. The molecule has 2 aromatic rings. The van der Waals surface area contributed by atoms with Crippen LogP contribution in [0.3, 0.4) is 0 Å². The van der Waals surface area contributed by atoms with Crippen LogP contribution >= 0.6 is 0 Å². The molecule has 1 aromatic heterocycles. The molecule has 158 valence electrons. The number of hydrogen-bond acceptors (Lipinski definition) is 8. The third kappa shape index (κ3) is 4.55. The lowest BCUT2D eigenvalue weighted by Crippen LogP contribution is -2.41. The van der Waals surface area contributed by atoms with Crippen molar-refractivity contribution in [3.05, 3.63) is 30.2 Å². The number of alkyl halides is 3. The van der Waals surface area contributed by atoms with Gasteiger partial charge in [0.1, 0.15) is 17.4 Å². The summed E-state index contributed by atoms with van der Waals surface area (Å²) < 4.78 is 53.9. The van der Waals surface area contributed by atoms with Gasteiger partial charge in [-0.2, -0.15) is 10.5 Å². The predicted molar refractivity (Wildman–Crippen MR) is 100 cm³/mol. The molecule has 3 rings (SSSR count). The second kappa shape index (κ2) is 7.62. The van der Waals surface area contributed by atoms with Gasteiger partial charge in [0.2, 0.25) is 5.82 Å². The van der Waals surface area contributed by atoms with Crippen LogP contribution in [0.25, 0.3) is 5.57 Å². The molecule has 0 unspecified atom stereocenters. The van der Waals surface area contributed by atoms with Gasteiger partial charge < -0.3 is 19.4 Å². The zero-order chi connectivity index (χ0) is 22.2. The first-order valence-corrected chi connectivity index (χ1v) is 8.78. The molecule has 1 aliphatic heterocycles. The summed E-state index contributed by atoms with van der Waals surface area (Å²) in [6.07, 6.45) is -3.62. The number of ether oxygens (including phenoxy) is 1. The molecule has 0 saturated carbocycles. The summed E-state index contributed by atoms with van der Waals surface area (Å²) in [7, 11) is -0.860. The normalized spacial score (nSPS) is 18.2. The standard InChI is InChI=1S/C17H18BF3N6O3/c1-15(2)16(3,4)30-18(29-15)12-6-5-11(28-17(19,20)21)7-13(12)23-9-10(8-22)14-24-26-27-25-14/h5-7,9,23H,1-4H3,(H,24,25,26,27). The lowest BCUT2D eigenvalue weighted by molar-refractivity contribution is -0.274. The smallest absolute Gasteiger partial charge is 0.406 e. The van der Waals surface area contributed by atoms with Crippen LogP contribution in [0.2, 0.25) is 0 Å². The predicted octanol–water partition coefficient (Wildman–Crippen LogP) is 2.37. The van der Waals surface area contributed by atoms with Crippen molar-refractivity contribution in [2.24, 2.45) is 0 Å². The van der Waals surface area contributed by atoms with Gasteiger partial charge in [0.25, 0.3) is 0 Å². The zero-order valence-corrected chi connectivity index (χ0v) is 16.5. The van der Waals surface area contributed by atoms with Crippen molar-refractivity contribution in [2.45, 2.75) is 45.3 Å². The molecule has 0 radical (unpaired) electrons. The number of rotatable bonds is 5. The van der Waals surface area contributed by atoms with Crippen LogP contribution in [0.4, 0.5) is 18.9 Å². The molecule has 13 heteroatoms. The average Bonchev–Trinajstić information content (AvgIpc) is 3.21. The highest BCUT2D eigenvalue weighted by Gasteiger charge is 2.52. The van der Waals surface area contributed by atoms with Crippen molar-refractivity contribution in [2.75, 3.05) is 5.32 Å². The Balaban J connectivity index is 1.98. The molecular weight excluding hydrogens is 404 g/mol. The summed E-state index contributed by atoms with van der Waals surface area (Å²) in [5.41, 5.74) is -0.704. The van der Waals surface area contributed by atoms with Crippen LogP contribution in [0, 0.1) is 11.3 Å². The van der Waals surface area contributed by atoms with Crippen LogP contribution in [-0.4, -0.2) is 45.3 Å². The minimum atomic E-state index is -4.86. The first kappa shape index (κ1) is 21.6. The number of aromatic amines is 1. The van der Waals surface area contributed by atoms with Crippen molar-refractivity contribution < 1.29 is 27.2 Å². The van der Waals surface area contributed by atoms with Crippen molar-refractivity contribution in [1.29, 1.82) is 5.26 Å². The highest BCUT2D eigenvalue weighted by Crippen LogP contribution is 2.37. The molecule has 30 heavy (non-hydrogen) atoms. The van der Waals surface area contributed by atoms with Crippen LogP contribution in [-0.2, 0) is 9.31 Å². The Hall–Kier alpha value is -3.11. The number of nitrogens with one attached hydrogen (secondary N) is 2. The maximum atomic E-state index is 12.7. The van der Waals surface area contributed by atoms with Crippen molar-refractivity contribution >= 4 is 23.8 Å². The fraction of sp³-hybridized carbons (Fsp3) is 0.412. The number of halogens is 3. The molecule has 0 atom stereocenters. The first-order chi connectivity index (χ1) is 13.9. The molecule has 0 aliphatic carbocycles. The van der Waals surface area contributed by atoms with Gasteiger partial charge in [0, 0.05) is 23.4 Å². The van der Waals surface area contributed by atoms with E-state index >= 15 is 0 Å². The lowest BCUT2D eigenvalue weighted by Gasteiger charge is -2.32. The van der Waals surface area contributed by atoms with Gasteiger partial charge >= 0.3 is 13.5 Å². The monoisotopic (exact) mass is 422 g/mol. The number of tetrazole rings is 1. The van der Waals surface area contributed by atoms with E-state index in [9.17, 15) is 18.4 Å². The second-order valence-corrected chi connectivity index (χ2v) is 7.43. The number of aromatic nitrogens is 4. The van der Waals surface area contributed by atoms with Gasteiger partial charge in [-0.3, -0.25) is 0 Å². The Bertz CT molecular complexity index is 970. The maximum Gasteiger partial charge on any atom is 0.573 e. The van der Waals surface area contributed by atoms with E-state index in [0.29, 0.717) is 5.46 Å².